The summed E-state index contributed by atoms with van der Waals surface area (Å²) in [5.41, 5.74) is 3.15. The SMILES string of the molecule is O=c1c(Br)nc(Br)c2n1CCc1ccccc1-2. The summed E-state index contributed by atoms with van der Waals surface area (Å²) in [5.74, 6) is 0. The number of aromatic nitrogens is 2. The van der Waals surface area contributed by atoms with Gasteiger partial charge in [-0.15, -0.1) is 0 Å². The van der Waals surface area contributed by atoms with Crippen molar-refractivity contribution in [2.75, 3.05) is 0 Å². The molecule has 17 heavy (non-hydrogen) atoms. The van der Waals surface area contributed by atoms with Crippen LogP contribution in [0.3, 0.4) is 0 Å². The third kappa shape index (κ3) is 1.68. The number of hydrogen-bond donors (Lipinski definition) is 0. The van der Waals surface area contributed by atoms with Crippen molar-refractivity contribution in [1.29, 1.82) is 0 Å². The van der Waals surface area contributed by atoms with Gasteiger partial charge in [0.1, 0.15) is 4.60 Å². The summed E-state index contributed by atoms with van der Waals surface area (Å²) in [6.07, 6.45) is 0.881. The van der Waals surface area contributed by atoms with Crippen LogP contribution >= 0.6 is 31.9 Å². The number of fused-ring (bicyclic) bond motifs is 3. The summed E-state index contributed by atoms with van der Waals surface area (Å²) < 4.78 is 2.83. The van der Waals surface area contributed by atoms with Gasteiger partial charge in [0.2, 0.25) is 0 Å². The Morgan fingerprint density at radius 2 is 1.94 bits per heavy atom. The zero-order chi connectivity index (χ0) is 12.0. The molecule has 0 atom stereocenters. The van der Waals surface area contributed by atoms with Crippen LogP contribution in [-0.4, -0.2) is 9.55 Å². The highest BCUT2D eigenvalue weighted by Gasteiger charge is 2.21. The van der Waals surface area contributed by atoms with Crippen molar-refractivity contribution in [3.8, 4) is 11.3 Å². The Hall–Kier alpha value is -0.940. The van der Waals surface area contributed by atoms with E-state index in [1.807, 2.05) is 18.2 Å². The van der Waals surface area contributed by atoms with Crippen LogP contribution in [-0.2, 0) is 13.0 Å². The standard InChI is InChI=1S/C12H8Br2N2O/c13-10-9-8-4-2-1-3-7(8)5-6-16(9)12(17)11(14)15-10/h1-4H,5-6H2. The number of rotatable bonds is 0. The molecule has 5 heteroatoms. The van der Waals surface area contributed by atoms with Gasteiger partial charge in [-0.05, 0) is 43.8 Å². The summed E-state index contributed by atoms with van der Waals surface area (Å²) >= 11 is 6.63. The van der Waals surface area contributed by atoms with Crippen LogP contribution in [0.1, 0.15) is 5.56 Å². The molecule has 2 heterocycles. The van der Waals surface area contributed by atoms with Gasteiger partial charge in [0.15, 0.2) is 4.60 Å². The van der Waals surface area contributed by atoms with Gasteiger partial charge in [0.05, 0.1) is 5.69 Å². The van der Waals surface area contributed by atoms with Crippen LogP contribution in [0.4, 0.5) is 0 Å². The molecule has 2 aromatic rings. The fourth-order valence-corrected chi connectivity index (χ4v) is 3.42. The molecule has 0 N–H and O–H groups in total. The van der Waals surface area contributed by atoms with E-state index in [1.54, 1.807) is 4.57 Å². The van der Waals surface area contributed by atoms with Gasteiger partial charge in [-0.2, -0.15) is 0 Å². The number of halogens is 2. The van der Waals surface area contributed by atoms with E-state index in [1.165, 1.54) is 5.56 Å². The lowest BCUT2D eigenvalue weighted by Crippen LogP contribution is -2.28. The zero-order valence-electron chi connectivity index (χ0n) is 8.78. The predicted octanol–water partition coefficient (Wildman–Crippen LogP) is 2.99. The third-order valence-electron chi connectivity index (χ3n) is 2.96. The molecule has 0 radical (unpaired) electrons. The van der Waals surface area contributed by atoms with Crippen molar-refractivity contribution in [2.24, 2.45) is 0 Å². The first-order valence-corrected chi connectivity index (χ1v) is 6.81. The Bertz CT molecular complexity index is 664. The highest BCUT2D eigenvalue weighted by molar-refractivity contribution is 9.11. The van der Waals surface area contributed by atoms with E-state index in [-0.39, 0.29) is 5.56 Å². The highest BCUT2D eigenvalue weighted by atomic mass is 79.9. The molecule has 0 bridgehead atoms. The van der Waals surface area contributed by atoms with Crippen LogP contribution in [0, 0.1) is 0 Å². The molecule has 0 saturated carbocycles. The molecule has 1 aliphatic rings. The van der Waals surface area contributed by atoms with Crippen LogP contribution in [0.25, 0.3) is 11.3 Å². The van der Waals surface area contributed by atoms with Gasteiger partial charge in [-0.25, -0.2) is 4.98 Å². The molecule has 0 unspecified atom stereocenters. The normalized spacial score (nSPS) is 13.1. The van der Waals surface area contributed by atoms with Crippen molar-refractivity contribution in [3.05, 3.63) is 49.4 Å². The predicted molar refractivity (Wildman–Crippen MR) is 73.0 cm³/mol. The van der Waals surface area contributed by atoms with Gasteiger partial charge in [-0.3, -0.25) is 4.79 Å². The summed E-state index contributed by atoms with van der Waals surface area (Å²) in [7, 11) is 0. The molecule has 3 rings (SSSR count). The molecule has 0 aliphatic carbocycles. The molecule has 0 amide bonds. The third-order valence-corrected chi connectivity index (χ3v) is 4.03. The fourth-order valence-electron chi connectivity index (χ4n) is 2.18. The Morgan fingerprint density at radius 1 is 1.18 bits per heavy atom. The summed E-state index contributed by atoms with van der Waals surface area (Å²) in [6, 6.07) is 8.12. The quantitative estimate of drug-likeness (QED) is 0.728. The number of benzene rings is 1. The van der Waals surface area contributed by atoms with Gasteiger partial charge >= 0.3 is 0 Å². The Kier molecular flexibility index (Phi) is 2.67. The molecule has 1 aromatic heterocycles. The molecule has 86 valence electrons. The van der Waals surface area contributed by atoms with Crippen LogP contribution < -0.4 is 5.56 Å². The number of aryl methyl sites for hydroxylation is 1. The molecule has 0 fully saturated rings. The molecule has 1 aliphatic heterocycles. The minimum absolute atomic E-state index is 0.0716. The van der Waals surface area contributed by atoms with E-state index in [0.29, 0.717) is 15.8 Å². The molecule has 3 nitrogen and oxygen atoms in total. The molecule has 0 spiro atoms. The maximum Gasteiger partial charge on any atom is 0.284 e. The fraction of sp³-hybridized carbons (Fsp3) is 0.167. The van der Waals surface area contributed by atoms with Crippen LogP contribution in [0.5, 0.6) is 0 Å². The second-order valence-electron chi connectivity index (χ2n) is 3.91. The Morgan fingerprint density at radius 3 is 2.76 bits per heavy atom. The Balaban J connectivity index is 2.41. The van der Waals surface area contributed by atoms with Crippen molar-refractivity contribution in [3.63, 3.8) is 0 Å². The van der Waals surface area contributed by atoms with E-state index in [4.69, 9.17) is 0 Å². The summed E-state index contributed by atoms with van der Waals surface area (Å²) in [4.78, 5) is 16.2. The largest absolute Gasteiger partial charge is 0.303 e. The average Bonchev–Trinajstić information content (AvgIpc) is 2.35. The average molecular weight is 356 g/mol. The summed E-state index contributed by atoms with van der Waals surface area (Å²) in [6.45, 7) is 0.699. The molecule has 0 saturated heterocycles. The smallest absolute Gasteiger partial charge is 0.284 e. The van der Waals surface area contributed by atoms with E-state index in [9.17, 15) is 4.79 Å². The monoisotopic (exact) mass is 354 g/mol. The lowest BCUT2D eigenvalue weighted by Gasteiger charge is -2.22. The van der Waals surface area contributed by atoms with E-state index in [0.717, 1.165) is 17.7 Å². The van der Waals surface area contributed by atoms with Crippen molar-refractivity contribution >= 4 is 31.9 Å². The zero-order valence-corrected chi connectivity index (χ0v) is 12.0. The van der Waals surface area contributed by atoms with E-state index >= 15 is 0 Å². The first-order valence-electron chi connectivity index (χ1n) is 5.22. The van der Waals surface area contributed by atoms with E-state index in [2.05, 4.69) is 42.9 Å². The lowest BCUT2D eigenvalue weighted by molar-refractivity contribution is 0.645. The summed E-state index contributed by atoms with van der Waals surface area (Å²) in [5, 5.41) is 0. The maximum absolute atomic E-state index is 12.0. The van der Waals surface area contributed by atoms with Crippen molar-refractivity contribution in [1.82, 2.24) is 9.55 Å². The van der Waals surface area contributed by atoms with Gasteiger partial charge in [0.25, 0.3) is 5.56 Å². The lowest BCUT2D eigenvalue weighted by atomic mass is 9.98. The van der Waals surface area contributed by atoms with Gasteiger partial charge in [-0.1, -0.05) is 24.3 Å². The molecular weight excluding hydrogens is 348 g/mol. The van der Waals surface area contributed by atoms with Crippen molar-refractivity contribution in [2.45, 2.75) is 13.0 Å². The highest BCUT2D eigenvalue weighted by Crippen LogP contribution is 2.32. The number of nitrogens with zero attached hydrogens (tertiary/aromatic N) is 2. The van der Waals surface area contributed by atoms with Gasteiger partial charge in [0, 0.05) is 12.1 Å². The second kappa shape index (κ2) is 4.07. The topological polar surface area (TPSA) is 34.9 Å². The van der Waals surface area contributed by atoms with E-state index < -0.39 is 0 Å². The molecule has 1 aromatic carbocycles. The molecular formula is C12H8Br2N2O. The first-order chi connectivity index (χ1) is 8.18. The Labute approximate surface area is 115 Å². The second-order valence-corrected chi connectivity index (χ2v) is 5.41. The number of hydrogen-bond acceptors (Lipinski definition) is 2. The van der Waals surface area contributed by atoms with Gasteiger partial charge < -0.3 is 4.57 Å². The van der Waals surface area contributed by atoms with Crippen molar-refractivity contribution < 1.29 is 0 Å². The first kappa shape index (κ1) is 11.2. The van der Waals surface area contributed by atoms with Crippen LogP contribution in [0.2, 0.25) is 0 Å². The maximum atomic E-state index is 12.0. The minimum atomic E-state index is -0.0716. The van der Waals surface area contributed by atoms with Crippen LogP contribution in [0.15, 0.2) is 38.3 Å². The minimum Gasteiger partial charge on any atom is -0.303 e.